The first kappa shape index (κ1) is 15.2. The fourth-order valence-electron chi connectivity index (χ4n) is 1.57. The van der Waals surface area contributed by atoms with Crippen molar-refractivity contribution in [3.05, 3.63) is 52.1 Å². The van der Waals surface area contributed by atoms with Crippen molar-refractivity contribution in [2.75, 3.05) is 0 Å². The van der Waals surface area contributed by atoms with E-state index in [1.807, 2.05) is 0 Å². The van der Waals surface area contributed by atoms with Crippen molar-refractivity contribution in [3.63, 3.8) is 0 Å². The Kier molecular flexibility index (Phi) is 4.51. The van der Waals surface area contributed by atoms with Gasteiger partial charge in [-0.15, -0.1) is 0 Å². The van der Waals surface area contributed by atoms with Gasteiger partial charge in [0.1, 0.15) is 5.82 Å². The molecule has 22 heavy (non-hydrogen) atoms. The van der Waals surface area contributed by atoms with Gasteiger partial charge in [-0.25, -0.2) is 9.82 Å². The number of hydrogen-bond donors (Lipinski definition) is 1. The molecule has 0 saturated carbocycles. The summed E-state index contributed by atoms with van der Waals surface area (Å²) in [6, 6.07) is 5.50. The normalized spacial score (nSPS) is 11.3. The molecule has 1 amide bonds. The van der Waals surface area contributed by atoms with Crippen LogP contribution in [0.2, 0.25) is 0 Å². The molecule has 0 saturated heterocycles. The third kappa shape index (κ3) is 3.69. The third-order valence-electron chi connectivity index (χ3n) is 2.55. The van der Waals surface area contributed by atoms with Crippen LogP contribution in [0.5, 0.6) is 0 Å². The highest BCUT2D eigenvalue weighted by atomic mass is 19.1. The zero-order valence-electron chi connectivity index (χ0n) is 11.4. The van der Waals surface area contributed by atoms with Gasteiger partial charge < -0.3 is 10.1 Å². The predicted octanol–water partition coefficient (Wildman–Crippen LogP) is 1.13. The van der Waals surface area contributed by atoms with E-state index in [4.69, 9.17) is 0 Å². The maximum Gasteiger partial charge on any atom is 0.490 e. The predicted molar refractivity (Wildman–Crippen MR) is 73.7 cm³/mol. The summed E-state index contributed by atoms with van der Waals surface area (Å²) in [5.74, 6) is -1.87. The van der Waals surface area contributed by atoms with Gasteiger partial charge in [0.05, 0.1) is 17.8 Å². The van der Waals surface area contributed by atoms with Crippen molar-refractivity contribution in [2.24, 2.45) is 5.10 Å². The number of nitro groups is 1. The van der Waals surface area contributed by atoms with Gasteiger partial charge in [-0.3, -0.25) is 4.79 Å². The molecule has 114 valence electrons. The second-order valence-electron chi connectivity index (χ2n) is 4.27. The molecule has 2 rings (SSSR count). The highest BCUT2D eigenvalue weighted by molar-refractivity contribution is 5.95. The van der Waals surface area contributed by atoms with Gasteiger partial charge in [-0.2, -0.15) is 9.78 Å². The van der Waals surface area contributed by atoms with E-state index in [9.17, 15) is 19.3 Å². The SMILES string of the molecule is CC(Cn1cnc([N+](=O)[O-])n1)=NNC(=O)c1ccccc1F. The number of hydrogen-bond acceptors (Lipinski definition) is 6. The Labute approximate surface area is 123 Å². The minimum absolute atomic E-state index is 0.0956. The highest BCUT2D eigenvalue weighted by Gasteiger charge is 2.14. The summed E-state index contributed by atoms with van der Waals surface area (Å²) in [7, 11) is 0. The summed E-state index contributed by atoms with van der Waals surface area (Å²) in [6.07, 6.45) is 1.18. The first-order chi connectivity index (χ1) is 10.5. The van der Waals surface area contributed by atoms with Gasteiger partial charge in [0.25, 0.3) is 5.91 Å². The third-order valence-corrected chi connectivity index (χ3v) is 2.55. The largest absolute Gasteiger partial charge is 0.490 e. The molecular weight excluding hydrogens is 295 g/mol. The fraction of sp³-hybridized carbons (Fsp3) is 0.167. The molecule has 0 unspecified atom stereocenters. The molecule has 0 radical (unpaired) electrons. The van der Waals surface area contributed by atoms with Gasteiger partial charge in [0.2, 0.25) is 6.33 Å². The van der Waals surface area contributed by atoms with Crippen molar-refractivity contribution in [1.29, 1.82) is 0 Å². The lowest BCUT2D eigenvalue weighted by atomic mass is 10.2. The molecule has 0 fully saturated rings. The van der Waals surface area contributed by atoms with Gasteiger partial charge in [0, 0.05) is 5.10 Å². The summed E-state index contributed by atoms with van der Waals surface area (Å²) < 4.78 is 14.6. The van der Waals surface area contributed by atoms with Crippen LogP contribution in [0, 0.1) is 15.9 Å². The lowest BCUT2D eigenvalue weighted by molar-refractivity contribution is -0.394. The molecular formula is C12H11FN6O3. The van der Waals surface area contributed by atoms with E-state index in [0.29, 0.717) is 5.71 Å². The number of halogens is 1. The van der Waals surface area contributed by atoms with Gasteiger partial charge in [-0.1, -0.05) is 17.1 Å². The maximum absolute atomic E-state index is 13.4. The molecule has 0 spiro atoms. The molecule has 9 nitrogen and oxygen atoms in total. The van der Waals surface area contributed by atoms with E-state index < -0.39 is 22.6 Å². The Morgan fingerprint density at radius 3 is 2.86 bits per heavy atom. The number of amides is 1. The van der Waals surface area contributed by atoms with E-state index in [-0.39, 0.29) is 12.1 Å². The van der Waals surface area contributed by atoms with E-state index in [0.717, 1.165) is 0 Å². The van der Waals surface area contributed by atoms with Crippen molar-refractivity contribution >= 4 is 17.6 Å². The van der Waals surface area contributed by atoms with Crippen LogP contribution >= 0.6 is 0 Å². The van der Waals surface area contributed by atoms with Crippen LogP contribution in [0.1, 0.15) is 17.3 Å². The van der Waals surface area contributed by atoms with Crippen molar-refractivity contribution in [1.82, 2.24) is 20.2 Å². The van der Waals surface area contributed by atoms with Gasteiger partial charge >= 0.3 is 5.95 Å². The average molecular weight is 306 g/mol. The van der Waals surface area contributed by atoms with Crippen LogP contribution in [-0.4, -0.2) is 31.3 Å². The van der Waals surface area contributed by atoms with Crippen LogP contribution in [0.25, 0.3) is 0 Å². The molecule has 1 heterocycles. The second kappa shape index (κ2) is 6.52. The molecule has 0 atom stereocenters. The molecule has 1 aromatic heterocycles. The number of benzene rings is 1. The number of hydrazone groups is 1. The lowest BCUT2D eigenvalue weighted by Crippen LogP contribution is -2.21. The molecule has 0 bridgehead atoms. The molecule has 0 aliphatic carbocycles. The van der Waals surface area contributed by atoms with Crippen LogP contribution in [0.3, 0.4) is 0 Å². The average Bonchev–Trinajstić information content (AvgIpc) is 2.94. The summed E-state index contributed by atoms with van der Waals surface area (Å²) in [5, 5.41) is 17.8. The Bertz CT molecular complexity index is 742. The number of aromatic nitrogens is 3. The Morgan fingerprint density at radius 2 is 2.23 bits per heavy atom. The molecule has 1 aromatic carbocycles. The summed E-state index contributed by atoms with van der Waals surface area (Å²) in [6.45, 7) is 1.67. The van der Waals surface area contributed by atoms with Gasteiger partial charge in [0.15, 0.2) is 0 Å². The quantitative estimate of drug-likeness (QED) is 0.505. The van der Waals surface area contributed by atoms with E-state index in [2.05, 4.69) is 20.6 Å². The number of rotatable bonds is 5. The number of carbonyl (C=O) groups excluding carboxylic acids is 1. The van der Waals surface area contributed by atoms with Crippen LogP contribution in [0.4, 0.5) is 10.3 Å². The maximum atomic E-state index is 13.4. The zero-order chi connectivity index (χ0) is 16.1. The minimum Gasteiger partial charge on any atom is -0.390 e. The molecule has 0 aliphatic rings. The van der Waals surface area contributed by atoms with Crippen molar-refractivity contribution in [3.8, 4) is 0 Å². The summed E-state index contributed by atoms with van der Waals surface area (Å²) >= 11 is 0. The summed E-state index contributed by atoms with van der Waals surface area (Å²) in [4.78, 5) is 24.9. The number of carbonyl (C=O) groups is 1. The highest BCUT2D eigenvalue weighted by Crippen LogP contribution is 2.05. The fourth-order valence-corrected chi connectivity index (χ4v) is 1.57. The van der Waals surface area contributed by atoms with Crippen LogP contribution in [0.15, 0.2) is 35.7 Å². The first-order valence-corrected chi connectivity index (χ1v) is 6.09. The number of nitrogens with one attached hydrogen (secondary N) is 1. The van der Waals surface area contributed by atoms with Gasteiger partial charge in [-0.05, 0) is 24.0 Å². The standard InChI is InChI=1S/C12H11FN6O3/c1-8(6-18-7-14-12(17-18)19(21)22)15-16-11(20)9-4-2-3-5-10(9)13/h2-5,7H,6H2,1H3,(H,16,20). The Morgan fingerprint density at radius 1 is 1.50 bits per heavy atom. The monoisotopic (exact) mass is 306 g/mol. The van der Waals surface area contributed by atoms with Crippen LogP contribution in [-0.2, 0) is 6.54 Å². The van der Waals surface area contributed by atoms with E-state index in [1.54, 1.807) is 6.92 Å². The number of nitrogens with zero attached hydrogens (tertiary/aromatic N) is 5. The molecule has 0 aliphatic heterocycles. The van der Waals surface area contributed by atoms with Crippen molar-refractivity contribution < 1.29 is 14.1 Å². The lowest BCUT2D eigenvalue weighted by Gasteiger charge is -2.02. The first-order valence-electron chi connectivity index (χ1n) is 6.09. The van der Waals surface area contributed by atoms with Crippen LogP contribution < -0.4 is 5.43 Å². The second-order valence-corrected chi connectivity index (χ2v) is 4.27. The smallest absolute Gasteiger partial charge is 0.390 e. The molecule has 1 N–H and O–H groups in total. The molecule has 10 heteroatoms. The zero-order valence-corrected chi connectivity index (χ0v) is 11.4. The van der Waals surface area contributed by atoms with E-state index in [1.165, 1.54) is 35.3 Å². The summed E-state index contributed by atoms with van der Waals surface area (Å²) in [5.41, 5.74) is 2.48. The Balaban J connectivity index is 1.99. The van der Waals surface area contributed by atoms with E-state index >= 15 is 0 Å². The minimum atomic E-state index is -0.719. The topological polar surface area (TPSA) is 115 Å². The molecule has 2 aromatic rings. The van der Waals surface area contributed by atoms with Crippen molar-refractivity contribution in [2.45, 2.75) is 13.5 Å². The Hall–Kier alpha value is -3.17.